The van der Waals surface area contributed by atoms with Crippen LogP contribution in [0.1, 0.15) is 58.4 Å². The number of aliphatic hydroxyl groups excluding tert-OH is 1. The molecule has 2 rings (SSSR count). The van der Waals surface area contributed by atoms with Gasteiger partial charge in [-0.25, -0.2) is 0 Å². The van der Waals surface area contributed by atoms with Crippen molar-refractivity contribution in [3.05, 3.63) is 35.9 Å². The number of carbonyl (C=O) groups is 1. The van der Waals surface area contributed by atoms with Gasteiger partial charge in [-0.2, -0.15) is 0 Å². The topological polar surface area (TPSA) is 40.5 Å². The second-order valence-corrected chi connectivity index (χ2v) is 7.64. The standard InChI is InChI=1S/C20H31NO2/c1-4-20(16-22)12-14-21(15-13-20)18(23)10-11-19(2,3)17-8-6-5-7-9-17/h5-9,22H,4,10-16H2,1-3H3. The Morgan fingerprint density at radius 1 is 1.22 bits per heavy atom. The first-order chi connectivity index (χ1) is 10.9. The Balaban J connectivity index is 1.86. The summed E-state index contributed by atoms with van der Waals surface area (Å²) in [5, 5.41) is 9.60. The third-order valence-electron chi connectivity index (χ3n) is 5.78. The van der Waals surface area contributed by atoms with Gasteiger partial charge in [-0.3, -0.25) is 4.79 Å². The SMILES string of the molecule is CCC1(CO)CCN(C(=O)CCC(C)(C)c2ccccc2)CC1. The lowest BCUT2D eigenvalue weighted by molar-refractivity contribution is -0.134. The average molecular weight is 317 g/mol. The third-order valence-corrected chi connectivity index (χ3v) is 5.78. The molecule has 1 saturated heterocycles. The maximum Gasteiger partial charge on any atom is 0.222 e. The Hall–Kier alpha value is -1.35. The van der Waals surface area contributed by atoms with E-state index in [-0.39, 0.29) is 23.3 Å². The molecule has 3 heteroatoms. The van der Waals surface area contributed by atoms with Crippen LogP contribution < -0.4 is 0 Å². The van der Waals surface area contributed by atoms with Crippen molar-refractivity contribution >= 4 is 5.91 Å². The highest BCUT2D eigenvalue weighted by Crippen LogP contribution is 2.35. The van der Waals surface area contributed by atoms with E-state index >= 15 is 0 Å². The number of nitrogens with zero attached hydrogens (tertiary/aromatic N) is 1. The Morgan fingerprint density at radius 2 is 1.83 bits per heavy atom. The molecule has 1 aliphatic heterocycles. The van der Waals surface area contributed by atoms with Gasteiger partial charge in [0.2, 0.25) is 5.91 Å². The summed E-state index contributed by atoms with van der Waals surface area (Å²) in [5.74, 6) is 0.261. The van der Waals surface area contributed by atoms with Crippen LogP contribution in [0.5, 0.6) is 0 Å². The number of aliphatic hydroxyl groups is 1. The molecule has 3 nitrogen and oxygen atoms in total. The van der Waals surface area contributed by atoms with Gasteiger partial charge in [0.1, 0.15) is 0 Å². The van der Waals surface area contributed by atoms with Gasteiger partial charge in [0.05, 0.1) is 0 Å². The van der Waals surface area contributed by atoms with Gasteiger partial charge >= 0.3 is 0 Å². The van der Waals surface area contributed by atoms with E-state index in [1.54, 1.807) is 0 Å². The summed E-state index contributed by atoms with van der Waals surface area (Å²) < 4.78 is 0. The summed E-state index contributed by atoms with van der Waals surface area (Å²) in [6, 6.07) is 10.4. The molecule has 128 valence electrons. The molecule has 23 heavy (non-hydrogen) atoms. The molecule has 1 aromatic rings. The lowest BCUT2D eigenvalue weighted by Crippen LogP contribution is -2.44. The smallest absolute Gasteiger partial charge is 0.222 e. The molecule has 0 radical (unpaired) electrons. The first-order valence-corrected chi connectivity index (χ1v) is 8.87. The van der Waals surface area contributed by atoms with E-state index in [9.17, 15) is 9.90 Å². The van der Waals surface area contributed by atoms with Crippen molar-refractivity contribution < 1.29 is 9.90 Å². The minimum atomic E-state index is 0.0188. The fourth-order valence-electron chi connectivity index (χ4n) is 3.47. The van der Waals surface area contributed by atoms with Crippen molar-refractivity contribution in [3.8, 4) is 0 Å². The third kappa shape index (κ3) is 4.35. The van der Waals surface area contributed by atoms with Crippen molar-refractivity contribution in [2.45, 2.75) is 58.3 Å². The van der Waals surface area contributed by atoms with Crippen LogP contribution in [0.3, 0.4) is 0 Å². The number of hydrogen-bond acceptors (Lipinski definition) is 2. The number of piperidine rings is 1. The maximum atomic E-state index is 12.5. The highest BCUT2D eigenvalue weighted by molar-refractivity contribution is 5.76. The second-order valence-electron chi connectivity index (χ2n) is 7.64. The first kappa shape index (κ1) is 18.0. The number of carbonyl (C=O) groups excluding carboxylic acids is 1. The van der Waals surface area contributed by atoms with Crippen LogP contribution in [0, 0.1) is 5.41 Å². The van der Waals surface area contributed by atoms with Crippen molar-refractivity contribution in [2.24, 2.45) is 5.41 Å². The van der Waals surface area contributed by atoms with E-state index in [0.29, 0.717) is 6.42 Å². The van der Waals surface area contributed by atoms with Crippen molar-refractivity contribution in [3.63, 3.8) is 0 Å². The predicted octanol–water partition coefficient (Wildman–Crippen LogP) is 3.76. The predicted molar refractivity (Wildman–Crippen MR) is 94.3 cm³/mol. The number of amides is 1. The molecule has 0 spiro atoms. The summed E-state index contributed by atoms with van der Waals surface area (Å²) in [7, 11) is 0. The molecule has 1 fully saturated rings. The molecule has 1 aromatic carbocycles. The van der Waals surface area contributed by atoms with Gasteiger partial charge in [0, 0.05) is 26.1 Å². The van der Waals surface area contributed by atoms with Crippen LogP contribution in [0.15, 0.2) is 30.3 Å². The summed E-state index contributed by atoms with van der Waals surface area (Å²) in [6.07, 6.45) is 4.31. The van der Waals surface area contributed by atoms with Crippen molar-refractivity contribution in [1.82, 2.24) is 4.90 Å². The molecule has 1 amide bonds. The van der Waals surface area contributed by atoms with E-state index in [1.807, 2.05) is 11.0 Å². The number of likely N-dealkylation sites (tertiary alicyclic amines) is 1. The Labute approximate surface area is 140 Å². The van der Waals surface area contributed by atoms with Crippen LogP contribution in [-0.4, -0.2) is 35.6 Å². The van der Waals surface area contributed by atoms with E-state index in [0.717, 1.165) is 38.8 Å². The zero-order valence-corrected chi connectivity index (χ0v) is 14.8. The summed E-state index contributed by atoms with van der Waals surface area (Å²) in [5.41, 5.74) is 1.35. The Kier molecular flexibility index (Phi) is 5.85. The first-order valence-electron chi connectivity index (χ1n) is 8.87. The van der Waals surface area contributed by atoms with Gasteiger partial charge in [0.15, 0.2) is 0 Å². The fourth-order valence-corrected chi connectivity index (χ4v) is 3.47. The Morgan fingerprint density at radius 3 is 2.35 bits per heavy atom. The normalized spacial score (nSPS) is 18.0. The largest absolute Gasteiger partial charge is 0.396 e. The molecule has 1 aliphatic rings. The number of rotatable bonds is 6. The van der Waals surface area contributed by atoms with E-state index < -0.39 is 0 Å². The number of hydrogen-bond donors (Lipinski definition) is 1. The van der Waals surface area contributed by atoms with Crippen LogP contribution in [0.25, 0.3) is 0 Å². The van der Waals surface area contributed by atoms with Gasteiger partial charge in [-0.1, -0.05) is 51.1 Å². The number of benzene rings is 1. The zero-order chi connectivity index (χ0) is 16.9. The monoisotopic (exact) mass is 317 g/mol. The lowest BCUT2D eigenvalue weighted by Gasteiger charge is -2.40. The molecule has 0 saturated carbocycles. The van der Waals surface area contributed by atoms with Gasteiger partial charge in [0.25, 0.3) is 0 Å². The van der Waals surface area contributed by atoms with Crippen LogP contribution in [0.2, 0.25) is 0 Å². The van der Waals surface area contributed by atoms with Gasteiger partial charge < -0.3 is 10.0 Å². The van der Waals surface area contributed by atoms with Crippen LogP contribution in [0.4, 0.5) is 0 Å². The molecule has 0 aromatic heterocycles. The minimum absolute atomic E-state index is 0.0188. The summed E-state index contributed by atoms with van der Waals surface area (Å²) in [4.78, 5) is 14.5. The minimum Gasteiger partial charge on any atom is -0.396 e. The zero-order valence-electron chi connectivity index (χ0n) is 14.8. The molecule has 0 atom stereocenters. The van der Waals surface area contributed by atoms with Crippen molar-refractivity contribution in [2.75, 3.05) is 19.7 Å². The molecular formula is C20H31NO2. The molecule has 1 N–H and O–H groups in total. The molecule has 0 unspecified atom stereocenters. The van der Waals surface area contributed by atoms with E-state index in [2.05, 4.69) is 45.0 Å². The molecular weight excluding hydrogens is 286 g/mol. The second kappa shape index (κ2) is 7.48. The summed E-state index contributed by atoms with van der Waals surface area (Å²) >= 11 is 0. The fraction of sp³-hybridized carbons (Fsp3) is 0.650. The quantitative estimate of drug-likeness (QED) is 0.868. The van der Waals surface area contributed by atoms with E-state index in [4.69, 9.17) is 0 Å². The molecule has 0 aliphatic carbocycles. The molecule has 0 bridgehead atoms. The summed E-state index contributed by atoms with van der Waals surface area (Å²) in [6.45, 7) is 8.38. The van der Waals surface area contributed by atoms with Crippen LogP contribution >= 0.6 is 0 Å². The van der Waals surface area contributed by atoms with Crippen molar-refractivity contribution in [1.29, 1.82) is 0 Å². The highest BCUT2D eigenvalue weighted by Gasteiger charge is 2.34. The maximum absolute atomic E-state index is 12.5. The van der Waals surface area contributed by atoms with E-state index in [1.165, 1.54) is 5.56 Å². The Bertz CT molecular complexity index is 496. The van der Waals surface area contributed by atoms with Gasteiger partial charge in [-0.15, -0.1) is 0 Å². The average Bonchev–Trinajstić information content (AvgIpc) is 2.60. The lowest BCUT2D eigenvalue weighted by atomic mass is 9.76. The van der Waals surface area contributed by atoms with Crippen LogP contribution in [-0.2, 0) is 10.2 Å². The molecule has 1 heterocycles. The highest BCUT2D eigenvalue weighted by atomic mass is 16.3. The van der Waals surface area contributed by atoms with Gasteiger partial charge in [-0.05, 0) is 42.1 Å².